The number of aromatic amines is 1. The van der Waals surface area contributed by atoms with Gasteiger partial charge in [-0.15, -0.1) is 0 Å². The van der Waals surface area contributed by atoms with E-state index < -0.39 is 5.91 Å². The van der Waals surface area contributed by atoms with Gasteiger partial charge in [-0.2, -0.15) is 0 Å². The molecule has 6 N–H and O–H groups in total. The molecule has 0 saturated heterocycles. The molecular formula is C18H18N6O. The first-order chi connectivity index (χ1) is 12.1. The Hall–Kier alpha value is -3.19. The van der Waals surface area contributed by atoms with E-state index in [-0.39, 0.29) is 5.95 Å². The molecule has 1 aliphatic heterocycles. The summed E-state index contributed by atoms with van der Waals surface area (Å²) in [5.74, 6) is -0.302. The molecular weight excluding hydrogens is 316 g/mol. The molecule has 7 heteroatoms. The summed E-state index contributed by atoms with van der Waals surface area (Å²) in [6, 6.07) is 9.57. The monoisotopic (exact) mass is 334 g/mol. The number of nitrogen functional groups attached to an aromatic ring is 1. The maximum atomic E-state index is 12.0. The molecule has 126 valence electrons. The fourth-order valence-corrected chi connectivity index (χ4v) is 3.29. The number of nitrogens with one attached hydrogen (secondary N) is 2. The third-order valence-corrected chi connectivity index (χ3v) is 4.44. The Morgan fingerprint density at radius 3 is 2.92 bits per heavy atom. The van der Waals surface area contributed by atoms with Crippen LogP contribution in [0, 0.1) is 0 Å². The molecule has 25 heavy (non-hydrogen) atoms. The highest BCUT2D eigenvalue weighted by atomic mass is 16.1. The van der Waals surface area contributed by atoms with E-state index in [0.29, 0.717) is 17.0 Å². The molecule has 1 aliphatic rings. The summed E-state index contributed by atoms with van der Waals surface area (Å²) < 4.78 is 0. The molecule has 1 amide bonds. The van der Waals surface area contributed by atoms with Gasteiger partial charge in [0.15, 0.2) is 0 Å². The second kappa shape index (κ2) is 6.03. The minimum atomic E-state index is -0.480. The summed E-state index contributed by atoms with van der Waals surface area (Å²) in [5.41, 5.74) is 17.2. The molecule has 0 bridgehead atoms. The summed E-state index contributed by atoms with van der Waals surface area (Å²) in [5, 5.41) is 3.36. The predicted molar refractivity (Wildman–Crippen MR) is 95.6 cm³/mol. The average Bonchev–Trinajstić information content (AvgIpc) is 3.07. The fourth-order valence-electron chi connectivity index (χ4n) is 3.29. The summed E-state index contributed by atoms with van der Waals surface area (Å²) in [6.07, 6.45) is 2.48. The quantitative estimate of drug-likeness (QED) is 0.577. The van der Waals surface area contributed by atoms with Gasteiger partial charge >= 0.3 is 0 Å². The maximum absolute atomic E-state index is 12.0. The van der Waals surface area contributed by atoms with Crippen LogP contribution in [0.4, 0.5) is 5.95 Å². The molecule has 0 aliphatic carbocycles. The number of nitrogens with two attached hydrogens (primary N) is 2. The lowest BCUT2D eigenvalue weighted by molar-refractivity contribution is 0.100. The van der Waals surface area contributed by atoms with E-state index in [0.717, 1.165) is 30.8 Å². The molecule has 0 atom stereocenters. The number of carbonyl (C=O) groups is 1. The van der Waals surface area contributed by atoms with E-state index in [1.165, 1.54) is 11.1 Å². The van der Waals surface area contributed by atoms with Gasteiger partial charge in [-0.1, -0.05) is 18.2 Å². The largest absolute Gasteiger partial charge is 0.368 e. The van der Waals surface area contributed by atoms with Crippen LogP contribution in [-0.2, 0) is 13.0 Å². The molecule has 0 unspecified atom stereocenters. The van der Waals surface area contributed by atoms with Crippen LogP contribution >= 0.6 is 0 Å². The third-order valence-electron chi connectivity index (χ3n) is 4.44. The van der Waals surface area contributed by atoms with Gasteiger partial charge in [0, 0.05) is 18.3 Å². The second-order valence-corrected chi connectivity index (χ2v) is 6.01. The fraction of sp³-hybridized carbons (Fsp3) is 0.167. The molecule has 7 nitrogen and oxygen atoms in total. The normalized spacial score (nSPS) is 13.4. The van der Waals surface area contributed by atoms with E-state index in [1.807, 2.05) is 12.1 Å². The van der Waals surface area contributed by atoms with E-state index in [9.17, 15) is 4.79 Å². The third kappa shape index (κ3) is 2.74. The van der Waals surface area contributed by atoms with Gasteiger partial charge in [0.2, 0.25) is 5.95 Å². The topological polar surface area (TPSA) is 123 Å². The minimum absolute atomic E-state index is 0.178. The number of amides is 1. The van der Waals surface area contributed by atoms with Crippen molar-refractivity contribution in [2.24, 2.45) is 5.73 Å². The second-order valence-electron chi connectivity index (χ2n) is 6.01. The molecule has 3 aromatic rings. The van der Waals surface area contributed by atoms with Crippen LogP contribution in [0.15, 0.2) is 36.5 Å². The highest BCUT2D eigenvalue weighted by Gasteiger charge is 2.21. The average molecular weight is 334 g/mol. The summed E-state index contributed by atoms with van der Waals surface area (Å²) in [4.78, 5) is 23.4. The first-order valence-electron chi connectivity index (χ1n) is 8.07. The van der Waals surface area contributed by atoms with E-state index in [4.69, 9.17) is 11.5 Å². The van der Waals surface area contributed by atoms with E-state index >= 15 is 0 Å². The Morgan fingerprint density at radius 2 is 2.12 bits per heavy atom. The van der Waals surface area contributed by atoms with Crippen LogP contribution in [0.5, 0.6) is 0 Å². The lowest BCUT2D eigenvalue weighted by Crippen LogP contribution is -2.24. The zero-order valence-electron chi connectivity index (χ0n) is 13.5. The van der Waals surface area contributed by atoms with Crippen molar-refractivity contribution in [2.45, 2.75) is 13.0 Å². The molecule has 2 aromatic heterocycles. The van der Waals surface area contributed by atoms with Crippen LogP contribution < -0.4 is 16.8 Å². The van der Waals surface area contributed by atoms with Crippen molar-refractivity contribution in [1.82, 2.24) is 20.3 Å². The van der Waals surface area contributed by atoms with Crippen LogP contribution in [-0.4, -0.2) is 27.4 Å². The van der Waals surface area contributed by atoms with Crippen molar-refractivity contribution in [3.05, 3.63) is 53.2 Å². The molecule has 0 saturated carbocycles. The molecule has 0 radical (unpaired) electrons. The summed E-state index contributed by atoms with van der Waals surface area (Å²) in [7, 11) is 0. The SMILES string of the molecule is NC(=O)c1cc(-c2ccnc(N)n2)[nH]c1-c1cccc2c1CCNC2. The van der Waals surface area contributed by atoms with Crippen molar-refractivity contribution in [3.63, 3.8) is 0 Å². The molecule has 4 rings (SSSR count). The Morgan fingerprint density at radius 1 is 1.24 bits per heavy atom. The summed E-state index contributed by atoms with van der Waals surface area (Å²) >= 11 is 0. The van der Waals surface area contributed by atoms with Gasteiger partial charge in [0.1, 0.15) is 0 Å². The minimum Gasteiger partial charge on any atom is -0.368 e. The zero-order chi connectivity index (χ0) is 17.4. The Bertz CT molecular complexity index is 962. The van der Waals surface area contributed by atoms with Crippen molar-refractivity contribution in [1.29, 1.82) is 0 Å². The van der Waals surface area contributed by atoms with Crippen LogP contribution in [0.1, 0.15) is 21.5 Å². The number of fused-ring (bicyclic) bond motifs is 1. The first kappa shape index (κ1) is 15.3. The van der Waals surface area contributed by atoms with Crippen molar-refractivity contribution in [3.8, 4) is 22.6 Å². The molecule has 3 heterocycles. The van der Waals surface area contributed by atoms with Crippen LogP contribution in [0.2, 0.25) is 0 Å². The van der Waals surface area contributed by atoms with E-state index in [2.05, 4.69) is 26.3 Å². The number of primary amides is 1. The number of carbonyl (C=O) groups excluding carboxylic acids is 1. The lowest BCUT2D eigenvalue weighted by Gasteiger charge is -2.20. The number of hydrogen-bond acceptors (Lipinski definition) is 5. The highest BCUT2D eigenvalue weighted by molar-refractivity contribution is 6.01. The number of aromatic nitrogens is 3. The smallest absolute Gasteiger partial charge is 0.250 e. The highest BCUT2D eigenvalue weighted by Crippen LogP contribution is 2.33. The van der Waals surface area contributed by atoms with Gasteiger partial charge in [0.25, 0.3) is 5.91 Å². The number of hydrogen-bond donors (Lipinski definition) is 4. The molecule has 1 aromatic carbocycles. The van der Waals surface area contributed by atoms with Gasteiger partial charge in [-0.3, -0.25) is 4.79 Å². The number of rotatable bonds is 3. The Balaban J connectivity index is 1.89. The van der Waals surface area contributed by atoms with Crippen LogP contribution in [0.3, 0.4) is 0 Å². The Kier molecular flexibility index (Phi) is 3.70. The van der Waals surface area contributed by atoms with Crippen molar-refractivity contribution >= 4 is 11.9 Å². The standard InChI is InChI=1S/C18H18N6O/c19-17(25)13-8-15(14-5-7-22-18(20)24-14)23-16(13)12-3-1-2-10-9-21-6-4-11(10)12/h1-3,5,7-8,21,23H,4,6,9H2,(H2,19,25)(H2,20,22,24). The summed E-state index contributed by atoms with van der Waals surface area (Å²) in [6.45, 7) is 1.73. The predicted octanol–water partition coefficient (Wildman–Crippen LogP) is 1.47. The van der Waals surface area contributed by atoms with Crippen molar-refractivity contribution < 1.29 is 4.79 Å². The number of benzene rings is 1. The van der Waals surface area contributed by atoms with Gasteiger partial charge in [-0.05, 0) is 36.2 Å². The van der Waals surface area contributed by atoms with Crippen molar-refractivity contribution in [2.75, 3.05) is 12.3 Å². The molecule has 0 spiro atoms. The Labute approximate surface area is 144 Å². The number of H-pyrrole nitrogens is 1. The number of nitrogens with zero attached hydrogens (tertiary/aromatic N) is 2. The van der Waals surface area contributed by atoms with Crippen LogP contribution in [0.25, 0.3) is 22.6 Å². The van der Waals surface area contributed by atoms with Gasteiger partial charge in [0.05, 0.1) is 22.6 Å². The number of anilines is 1. The van der Waals surface area contributed by atoms with Gasteiger partial charge in [-0.25, -0.2) is 9.97 Å². The lowest BCUT2D eigenvalue weighted by atomic mass is 9.92. The van der Waals surface area contributed by atoms with Gasteiger partial charge < -0.3 is 21.8 Å². The maximum Gasteiger partial charge on any atom is 0.250 e. The first-order valence-corrected chi connectivity index (χ1v) is 8.07. The zero-order valence-corrected chi connectivity index (χ0v) is 13.5. The van der Waals surface area contributed by atoms with E-state index in [1.54, 1.807) is 18.3 Å². The molecule has 0 fully saturated rings.